The molecule has 0 saturated carbocycles. The first-order chi connectivity index (χ1) is 25.5. The Kier molecular flexibility index (Phi) is 37.7. The highest BCUT2D eigenvalue weighted by Crippen LogP contribution is 2.11. The molecule has 0 aromatic carbocycles. The molecule has 0 aliphatic heterocycles. The van der Waals surface area contributed by atoms with Crippen molar-refractivity contribution in [3.63, 3.8) is 0 Å². The van der Waals surface area contributed by atoms with E-state index in [4.69, 9.17) is 14.2 Å². The Bertz CT molecular complexity index is 1060. The summed E-state index contributed by atoms with van der Waals surface area (Å²) in [5.74, 6) is -1.01. The molecule has 0 aliphatic carbocycles. The second-order valence-corrected chi connectivity index (χ2v) is 13.2. The summed E-state index contributed by atoms with van der Waals surface area (Å²) in [4.78, 5) is 37.5. The van der Waals surface area contributed by atoms with E-state index in [1.807, 2.05) is 36.5 Å². The number of allylic oxidation sites excluding steroid dienone is 14. The molecule has 0 spiro atoms. The average Bonchev–Trinajstić information content (AvgIpc) is 3.14. The van der Waals surface area contributed by atoms with Crippen LogP contribution >= 0.6 is 0 Å². The zero-order valence-electron chi connectivity index (χ0n) is 33.3. The molecule has 0 bridgehead atoms. The third-order valence-corrected chi connectivity index (χ3v) is 8.21. The van der Waals surface area contributed by atoms with Crippen molar-refractivity contribution in [2.24, 2.45) is 0 Å². The minimum absolute atomic E-state index is 0.112. The molecule has 0 N–H and O–H groups in total. The van der Waals surface area contributed by atoms with Gasteiger partial charge >= 0.3 is 17.9 Å². The van der Waals surface area contributed by atoms with Crippen molar-refractivity contribution in [2.75, 3.05) is 13.2 Å². The van der Waals surface area contributed by atoms with E-state index in [0.29, 0.717) is 25.7 Å². The van der Waals surface area contributed by atoms with E-state index in [1.165, 1.54) is 25.7 Å². The molecule has 0 aromatic rings. The third kappa shape index (κ3) is 37.8. The van der Waals surface area contributed by atoms with E-state index in [1.54, 1.807) is 0 Å². The number of ether oxygens (including phenoxy) is 3. The van der Waals surface area contributed by atoms with Crippen molar-refractivity contribution < 1.29 is 28.6 Å². The third-order valence-electron chi connectivity index (χ3n) is 8.21. The molecular weight excluding hydrogens is 648 g/mol. The SMILES string of the molecule is CC\C=C/C=C\C=C/C=C\CCCCCC(=O)OCC(COC(=O)CCC/C=C\CCCCCC)OC(=O)CCCCCCC/C=C\C/C=C\CC. The molecule has 0 fully saturated rings. The van der Waals surface area contributed by atoms with Gasteiger partial charge in [-0.05, 0) is 83.5 Å². The topological polar surface area (TPSA) is 78.9 Å². The predicted octanol–water partition coefficient (Wildman–Crippen LogP) is 12.9. The van der Waals surface area contributed by atoms with Crippen LogP contribution in [-0.4, -0.2) is 37.2 Å². The van der Waals surface area contributed by atoms with Gasteiger partial charge in [0.25, 0.3) is 0 Å². The number of unbranched alkanes of at least 4 members (excludes halogenated alkanes) is 13. The van der Waals surface area contributed by atoms with Crippen LogP contribution in [0.5, 0.6) is 0 Å². The zero-order valence-corrected chi connectivity index (χ0v) is 33.3. The van der Waals surface area contributed by atoms with Gasteiger partial charge in [0.1, 0.15) is 13.2 Å². The number of esters is 3. The van der Waals surface area contributed by atoms with Crippen LogP contribution in [0.1, 0.15) is 168 Å². The molecule has 0 heterocycles. The molecule has 1 unspecified atom stereocenters. The summed E-state index contributed by atoms with van der Waals surface area (Å²) in [5.41, 5.74) is 0. The van der Waals surface area contributed by atoms with E-state index in [-0.39, 0.29) is 31.1 Å². The summed E-state index contributed by atoms with van der Waals surface area (Å²) in [6, 6.07) is 0. The molecule has 6 nitrogen and oxygen atoms in total. The van der Waals surface area contributed by atoms with E-state index in [0.717, 1.165) is 96.3 Å². The van der Waals surface area contributed by atoms with Crippen molar-refractivity contribution in [1.29, 1.82) is 0 Å². The van der Waals surface area contributed by atoms with Gasteiger partial charge in [0.2, 0.25) is 0 Å². The van der Waals surface area contributed by atoms with E-state index < -0.39 is 6.10 Å². The Morgan fingerprint density at radius 2 is 0.865 bits per heavy atom. The standard InChI is InChI=1S/C46H74O6/c1-4-7-10-13-16-19-21-23-25-27-30-33-36-39-45(48)51-42-43(41-50-44(47)38-35-32-29-26-18-15-12-9-6-3)52-46(49)40-37-34-31-28-24-22-20-17-14-11-8-5-2/h7-8,10-11,13,16-17,19-21,23,25-26,29,43H,4-6,9,12,14-15,18,22,24,27-28,30-42H2,1-3H3/b10-7-,11-8-,16-13-,20-17-,21-19-,25-23-,29-26-. The maximum Gasteiger partial charge on any atom is 0.306 e. The number of rotatable bonds is 35. The molecule has 0 saturated heterocycles. The van der Waals surface area contributed by atoms with Crippen molar-refractivity contribution in [3.05, 3.63) is 85.1 Å². The van der Waals surface area contributed by atoms with Crippen LogP contribution in [0.15, 0.2) is 85.1 Å². The Morgan fingerprint density at radius 3 is 1.50 bits per heavy atom. The lowest BCUT2D eigenvalue weighted by molar-refractivity contribution is -0.167. The quantitative estimate of drug-likeness (QED) is 0.0213. The minimum atomic E-state index is -0.807. The van der Waals surface area contributed by atoms with Crippen LogP contribution in [0.3, 0.4) is 0 Å². The van der Waals surface area contributed by atoms with Gasteiger partial charge < -0.3 is 14.2 Å². The highest BCUT2D eigenvalue weighted by atomic mass is 16.6. The zero-order chi connectivity index (χ0) is 38.0. The van der Waals surface area contributed by atoms with Crippen LogP contribution in [-0.2, 0) is 28.6 Å². The Labute approximate surface area is 318 Å². The molecule has 0 amide bonds. The van der Waals surface area contributed by atoms with Crippen LogP contribution in [0.2, 0.25) is 0 Å². The van der Waals surface area contributed by atoms with Gasteiger partial charge in [0.15, 0.2) is 6.10 Å². The highest BCUT2D eigenvalue weighted by Gasteiger charge is 2.19. The maximum absolute atomic E-state index is 12.6. The summed E-state index contributed by atoms with van der Waals surface area (Å²) in [6.45, 7) is 6.24. The molecular formula is C46H74O6. The Balaban J connectivity index is 4.52. The smallest absolute Gasteiger partial charge is 0.306 e. The van der Waals surface area contributed by atoms with Crippen molar-refractivity contribution in [3.8, 4) is 0 Å². The van der Waals surface area contributed by atoms with Gasteiger partial charge in [-0.25, -0.2) is 0 Å². The number of hydrogen-bond acceptors (Lipinski definition) is 6. The van der Waals surface area contributed by atoms with Crippen LogP contribution in [0, 0.1) is 0 Å². The van der Waals surface area contributed by atoms with Gasteiger partial charge in [-0.15, -0.1) is 0 Å². The Hall–Kier alpha value is -3.41. The van der Waals surface area contributed by atoms with Crippen molar-refractivity contribution in [1.82, 2.24) is 0 Å². The van der Waals surface area contributed by atoms with Gasteiger partial charge in [-0.3, -0.25) is 14.4 Å². The van der Waals surface area contributed by atoms with Crippen LogP contribution < -0.4 is 0 Å². The molecule has 0 rings (SSSR count). The second kappa shape index (κ2) is 40.4. The van der Waals surface area contributed by atoms with Crippen LogP contribution in [0.25, 0.3) is 0 Å². The molecule has 6 heteroatoms. The molecule has 294 valence electrons. The van der Waals surface area contributed by atoms with Gasteiger partial charge in [-0.1, -0.05) is 151 Å². The lowest BCUT2D eigenvalue weighted by atomic mass is 10.1. The Morgan fingerprint density at radius 1 is 0.423 bits per heavy atom. The molecule has 0 aliphatic rings. The van der Waals surface area contributed by atoms with Gasteiger partial charge in [-0.2, -0.15) is 0 Å². The first-order valence-corrected chi connectivity index (χ1v) is 20.6. The first-order valence-electron chi connectivity index (χ1n) is 20.6. The van der Waals surface area contributed by atoms with E-state index in [9.17, 15) is 14.4 Å². The lowest BCUT2D eigenvalue weighted by Gasteiger charge is -2.18. The average molecular weight is 723 g/mol. The van der Waals surface area contributed by atoms with E-state index in [2.05, 4.69) is 69.4 Å². The highest BCUT2D eigenvalue weighted by molar-refractivity contribution is 5.71. The van der Waals surface area contributed by atoms with Gasteiger partial charge in [0, 0.05) is 19.3 Å². The summed E-state index contributed by atoms with van der Waals surface area (Å²) < 4.78 is 16.5. The fourth-order valence-corrected chi connectivity index (χ4v) is 5.14. The molecule has 0 aromatic heterocycles. The molecule has 52 heavy (non-hydrogen) atoms. The summed E-state index contributed by atoms with van der Waals surface area (Å²) >= 11 is 0. The van der Waals surface area contributed by atoms with Crippen LogP contribution in [0.4, 0.5) is 0 Å². The second-order valence-electron chi connectivity index (χ2n) is 13.2. The largest absolute Gasteiger partial charge is 0.462 e. The predicted molar refractivity (Wildman–Crippen MR) is 219 cm³/mol. The maximum atomic E-state index is 12.6. The summed E-state index contributed by atoms with van der Waals surface area (Å²) in [7, 11) is 0. The van der Waals surface area contributed by atoms with Crippen molar-refractivity contribution in [2.45, 2.75) is 175 Å². The molecule has 1 atom stereocenters. The van der Waals surface area contributed by atoms with E-state index >= 15 is 0 Å². The van der Waals surface area contributed by atoms with Gasteiger partial charge in [0.05, 0.1) is 0 Å². The first kappa shape index (κ1) is 48.6. The normalized spacial score (nSPS) is 12.9. The summed E-state index contributed by atoms with van der Waals surface area (Å²) in [5, 5.41) is 0. The number of carbonyl (C=O) groups excluding carboxylic acids is 3. The summed E-state index contributed by atoms with van der Waals surface area (Å²) in [6.07, 6.45) is 50.1. The monoisotopic (exact) mass is 723 g/mol. The minimum Gasteiger partial charge on any atom is -0.462 e. The number of carbonyl (C=O) groups is 3. The number of hydrogen-bond donors (Lipinski definition) is 0. The fourth-order valence-electron chi connectivity index (χ4n) is 5.14. The van der Waals surface area contributed by atoms with Crippen molar-refractivity contribution >= 4 is 17.9 Å². The fraction of sp³-hybridized carbons (Fsp3) is 0.630. The molecule has 0 radical (unpaired) electrons. The lowest BCUT2D eigenvalue weighted by Crippen LogP contribution is -2.30.